The molecule has 0 spiro atoms. The fourth-order valence-corrected chi connectivity index (χ4v) is 1.62. The number of anilines is 1. The van der Waals surface area contributed by atoms with Crippen molar-refractivity contribution < 1.29 is 14.3 Å². The highest BCUT2D eigenvalue weighted by molar-refractivity contribution is 5.66. The largest absolute Gasteiger partial charge is 0.481 e. The third-order valence-electron chi connectivity index (χ3n) is 2.56. The number of carboxylic acid groups (broad SMARTS) is 1. The van der Waals surface area contributed by atoms with Crippen LogP contribution in [0.1, 0.15) is 26.2 Å². The number of aliphatic carboxylic acids is 1. The van der Waals surface area contributed by atoms with Crippen LogP contribution in [0.25, 0.3) is 0 Å². The minimum Gasteiger partial charge on any atom is -0.481 e. The molecule has 96 valence electrons. The summed E-state index contributed by atoms with van der Waals surface area (Å²) in [6.45, 7) is 1.67. The van der Waals surface area contributed by atoms with Gasteiger partial charge in [0, 0.05) is 12.1 Å². The molecule has 0 heterocycles. The van der Waals surface area contributed by atoms with E-state index in [1.54, 1.807) is 19.1 Å². The zero-order chi connectivity index (χ0) is 13.6. The summed E-state index contributed by atoms with van der Waals surface area (Å²) in [6, 6.07) is 7.92. The average Bonchev–Trinajstić information content (AvgIpc) is 2.28. The van der Waals surface area contributed by atoms with Crippen LogP contribution >= 0.6 is 0 Å². The molecule has 2 N–H and O–H groups in total. The van der Waals surface area contributed by atoms with Gasteiger partial charge in [-0.05, 0) is 38.0 Å². The molecule has 0 saturated carbocycles. The van der Waals surface area contributed by atoms with E-state index in [1.807, 2.05) is 0 Å². The van der Waals surface area contributed by atoms with Crippen molar-refractivity contribution in [2.75, 3.05) is 5.32 Å². The Hall–Kier alpha value is -2.09. The number of hydrogen-bond acceptors (Lipinski definition) is 3. The molecule has 0 aliphatic rings. The lowest BCUT2D eigenvalue weighted by Gasteiger charge is -2.24. The number of hydrogen-bond donors (Lipinski definition) is 2. The van der Waals surface area contributed by atoms with Gasteiger partial charge < -0.3 is 10.4 Å². The number of benzene rings is 1. The second kappa shape index (κ2) is 6.01. The van der Waals surface area contributed by atoms with Crippen LogP contribution in [0.5, 0.6) is 0 Å². The fourth-order valence-electron chi connectivity index (χ4n) is 1.62. The van der Waals surface area contributed by atoms with E-state index in [4.69, 9.17) is 10.4 Å². The van der Waals surface area contributed by atoms with E-state index in [-0.39, 0.29) is 12.2 Å². The van der Waals surface area contributed by atoms with Crippen molar-refractivity contribution in [3.8, 4) is 6.07 Å². The molecule has 0 amide bonds. The molecule has 0 aliphatic carbocycles. The van der Waals surface area contributed by atoms with Crippen LogP contribution in [0.3, 0.4) is 0 Å². The summed E-state index contributed by atoms with van der Waals surface area (Å²) in [5.41, 5.74) is -0.391. The first-order valence-electron chi connectivity index (χ1n) is 5.62. The molecule has 18 heavy (non-hydrogen) atoms. The highest BCUT2D eigenvalue weighted by Gasteiger charge is 2.23. The van der Waals surface area contributed by atoms with Gasteiger partial charge in [0.2, 0.25) is 0 Å². The Kier molecular flexibility index (Phi) is 4.67. The van der Waals surface area contributed by atoms with Gasteiger partial charge >= 0.3 is 5.97 Å². The smallest absolute Gasteiger partial charge is 0.303 e. The molecular formula is C13H15FN2O2. The van der Waals surface area contributed by atoms with Crippen LogP contribution in [0, 0.1) is 17.1 Å². The summed E-state index contributed by atoms with van der Waals surface area (Å²) in [4.78, 5) is 10.4. The summed E-state index contributed by atoms with van der Waals surface area (Å²) in [6.07, 6.45) is 0.788. The Morgan fingerprint density at radius 1 is 1.61 bits per heavy atom. The van der Waals surface area contributed by atoms with Crippen LogP contribution in [-0.2, 0) is 4.79 Å². The lowest BCUT2D eigenvalue weighted by molar-refractivity contribution is -0.137. The second-order valence-electron chi connectivity index (χ2n) is 4.33. The highest BCUT2D eigenvalue weighted by Crippen LogP contribution is 2.20. The Morgan fingerprint density at radius 3 is 2.89 bits per heavy atom. The normalized spacial score (nSPS) is 13.4. The van der Waals surface area contributed by atoms with E-state index in [0.717, 1.165) is 0 Å². The first-order valence-corrected chi connectivity index (χ1v) is 5.62. The van der Waals surface area contributed by atoms with Gasteiger partial charge in [-0.2, -0.15) is 5.26 Å². The topological polar surface area (TPSA) is 73.1 Å². The van der Waals surface area contributed by atoms with Crippen LogP contribution in [0.2, 0.25) is 0 Å². The van der Waals surface area contributed by atoms with Crippen molar-refractivity contribution in [3.05, 3.63) is 30.1 Å². The summed E-state index contributed by atoms with van der Waals surface area (Å²) >= 11 is 0. The zero-order valence-corrected chi connectivity index (χ0v) is 10.1. The van der Waals surface area contributed by atoms with Gasteiger partial charge in [-0.3, -0.25) is 4.79 Å². The van der Waals surface area contributed by atoms with Gasteiger partial charge in [-0.25, -0.2) is 4.39 Å². The van der Waals surface area contributed by atoms with Crippen molar-refractivity contribution >= 4 is 11.7 Å². The van der Waals surface area contributed by atoms with Gasteiger partial charge in [0.05, 0.1) is 6.07 Å². The van der Waals surface area contributed by atoms with Gasteiger partial charge in [-0.15, -0.1) is 0 Å². The lowest BCUT2D eigenvalue weighted by Crippen LogP contribution is -2.33. The summed E-state index contributed by atoms with van der Waals surface area (Å²) < 4.78 is 13.0. The molecule has 1 unspecified atom stereocenters. The van der Waals surface area contributed by atoms with Crippen molar-refractivity contribution in [2.24, 2.45) is 0 Å². The second-order valence-corrected chi connectivity index (χ2v) is 4.33. The van der Waals surface area contributed by atoms with Crippen molar-refractivity contribution in [2.45, 2.75) is 31.7 Å². The minimum atomic E-state index is -0.900. The Bertz CT molecular complexity index is 470. The van der Waals surface area contributed by atoms with E-state index < -0.39 is 11.5 Å². The molecule has 5 heteroatoms. The molecular weight excluding hydrogens is 235 g/mol. The molecule has 0 aliphatic heterocycles. The first-order chi connectivity index (χ1) is 8.45. The van der Waals surface area contributed by atoms with Crippen molar-refractivity contribution in [3.63, 3.8) is 0 Å². The number of nitrogens with one attached hydrogen (secondary N) is 1. The summed E-state index contributed by atoms with van der Waals surface area (Å²) in [5.74, 6) is -1.27. The predicted octanol–water partition coefficient (Wildman–Crippen LogP) is 2.77. The Balaban J connectivity index is 2.65. The molecule has 1 aromatic rings. The monoisotopic (exact) mass is 250 g/mol. The lowest BCUT2D eigenvalue weighted by atomic mass is 9.96. The minimum absolute atomic E-state index is 0.0160. The third-order valence-corrected chi connectivity index (χ3v) is 2.56. The van der Waals surface area contributed by atoms with Gasteiger partial charge in [0.15, 0.2) is 0 Å². The molecule has 0 saturated heterocycles. The van der Waals surface area contributed by atoms with E-state index in [1.165, 1.54) is 12.1 Å². The number of halogens is 1. The number of nitriles is 1. The first kappa shape index (κ1) is 14.0. The molecule has 0 radical (unpaired) electrons. The number of carbonyl (C=O) groups is 1. The van der Waals surface area contributed by atoms with E-state index in [0.29, 0.717) is 18.5 Å². The SMILES string of the molecule is CC(C#N)(CCCC(=O)O)Nc1cccc(F)c1. The van der Waals surface area contributed by atoms with E-state index in [9.17, 15) is 9.18 Å². The zero-order valence-electron chi connectivity index (χ0n) is 10.1. The highest BCUT2D eigenvalue weighted by atomic mass is 19.1. The predicted molar refractivity (Wildman–Crippen MR) is 65.5 cm³/mol. The van der Waals surface area contributed by atoms with Gasteiger partial charge in [0.25, 0.3) is 0 Å². The molecule has 0 bridgehead atoms. The van der Waals surface area contributed by atoms with E-state index >= 15 is 0 Å². The van der Waals surface area contributed by atoms with Gasteiger partial charge in [0.1, 0.15) is 11.4 Å². The van der Waals surface area contributed by atoms with Crippen LogP contribution in [-0.4, -0.2) is 16.6 Å². The molecule has 1 rings (SSSR count). The number of rotatable bonds is 6. The fraction of sp³-hybridized carbons (Fsp3) is 0.385. The van der Waals surface area contributed by atoms with Crippen molar-refractivity contribution in [1.29, 1.82) is 5.26 Å². The average molecular weight is 250 g/mol. The number of nitrogens with zero attached hydrogens (tertiary/aromatic N) is 1. The summed E-state index contributed by atoms with van der Waals surface area (Å²) in [7, 11) is 0. The van der Waals surface area contributed by atoms with Crippen molar-refractivity contribution in [1.82, 2.24) is 0 Å². The quantitative estimate of drug-likeness (QED) is 0.814. The maximum absolute atomic E-state index is 13.0. The molecule has 4 nitrogen and oxygen atoms in total. The van der Waals surface area contributed by atoms with Crippen LogP contribution in [0.4, 0.5) is 10.1 Å². The molecule has 1 atom stereocenters. The molecule has 0 fully saturated rings. The maximum Gasteiger partial charge on any atom is 0.303 e. The van der Waals surface area contributed by atoms with E-state index in [2.05, 4.69) is 11.4 Å². The van der Waals surface area contributed by atoms with Gasteiger partial charge in [-0.1, -0.05) is 6.07 Å². The maximum atomic E-state index is 13.0. The number of carboxylic acids is 1. The third kappa shape index (κ3) is 4.42. The Labute approximate surface area is 105 Å². The van der Waals surface area contributed by atoms with Crippen LogP contribution in [0.15, 0.2) is 24.3 Å². The standard InChI is InChI=1S/C13H15FN2O2/c1-13(9-15,7-3-6-12(17)18)16-11-5-2-4-10(14)8-11/h2,4-5,8,16H,3,6-7H2,1H3,(H,17,18). The Morgan fingerprint density at radius 2 is 2.33 bits per heavy atom. The molecule has 0 aromatic heterocycles. The summed E-state index contributed by atoms with van der Waals surface area (Å²) in [5, 5.41) is 20.6. The molecule has 1 aromatic carbocycles. The van der Waals surface area contributed by atoms with Crippen LogP contribution < -0.4 is 5.32 Å².